The van der Waals surface area contributed by atoms with Crippen molar-refractivity contribution in [3.05, 3.63) is 72.4 Å². The van der Waals surface area contributed by atoms with E-state index >= 15 is 0 Å². The number of anilines is 2. The Bertz CT molecular complexity index is 845. The summed E-state index contributed by atoms with van der Waals surface area (Å²) in [7, 11) is 3.43. The number of ether oxygens (including phenoxy) is 1. The summed E-state index contributed by atoms with van der Waals surface area (Å²) in [6, 6.07) is 18.1. The SMILES string of the molecule is COc1cccc(NC(=O)[C@@H](Nc2ccn(C)n2)c2ccccc2)c1. The Hall–Kier alpha value is -3.28. The molecule has 2 N–H and O–H groups in total. The zero-order valence-electron chi connectivity index (χ0n) is 14.1. The van der Waals surface area contributed by atoms with E-state index in [1.807, 2.05) is 67.8 Å². The van der Waals surface area contributed by atoms with Crippen LogP contribution in [0.1, 0.15) is 11.6 Å². The molecule has 3 rings (SSSR count). The van der Waals surface area contributed by atoms with Crippen LogP contribution in [0.4, 0.5) is 11.5 Å². The average Bonchev–Trinajstić information content (AvgIpc) is 3.05. The summed E-state index contributed by atoms with van der Waals surface area (Å²) in [4.78, 5) is 12.9. The molecule has 0 aliphatic rings. The van der Waals surface area contributed by atoms with Crippen molar-refractivity contribution in [2.24, 2.45) is 7.05 Å². The molecule has 6 heteroatoms. The molecule has 0 spiro atoms. The fraction of sp³-hybridized carbons (Fsp3) is 0.158. The van der Waals surface area contributed by atoms with Crippen molar-refractivity contribution >= 4 is 17.4 Å². The Morgan fingerprint density at radius 3 is 2.60 bits per heavy atom. The van der Waals surface area contributed by atoms with Crippen LogP contribution in [0.5, 0.6) is 5.75 Å². The second kappa shape index (κ2) is 7.53. The first-order chi connectivity index (χ1) is 12.2. The predicted molar refractivity (Wildman–Crippen MR) is 97.6 cm³/mol. The predicted octanol–water partition coefficient (Wildman–Crippen LogP) is 3.22. The van der Waals surface area contributed by atoms with Crippen molar-refractivity contribution in [1.29, 1.82) is 0 Å². The maximum Gasteiger partial charge on any atom is 0.251 e. The van der Waals surface area contributed by atoms with Crippen LogP contribution in [-0.2, 0) is 11.8 Å². The van der Waals surface area contributed by atoms with Crippen LogP contribution in [0.15, 0.2) is 66.9 Å². The molecule has 0 fully saturated rings. The quantitative estimate of drug-likeness (QED) is 0.725. The number of nitrogens with one attached hydrogen (secondary N) is 2. The molecule has 1 heterocycles. The number of hydrogen-bond donors (Lipinski definition) is 2. The minimum absolute atomic E-state index is 0.176. The van der Waals surface area contributed by atoms with Gasteiger partial charge in [0.25, 0.3) is 5.91 Å². The van der Waals surface area contributed by atoms with Gasteiger partial charge in [-0.25, -0.2) is 0 Å². The first-order valence-electron chi connectivity index (χ1n) is 7.92. The number of aryl methyl sites for hydroxylation is 1. The first kappa shape index (κ1) is 16.6. The standard InChI is InChI=1S/C19H20N4O2/c1-23-12-11-17(22-23)21-18(14-7-4-3-5-8-14)19(24)20-15-9-6-10-16(13-15)25-2/h3-13,18H,1-2H3,(H,20,24)(H,21,22)/t18-/m0/s1. The lowest BCUT2D eigenvalue weighted by molar-refractivity contribution is -0.117. The van der Waals surface area contributed by atoms with Gasteiger partial charge >= 0.3 is 0 Å². The van der Waals surface area contributed by atoms with Crippen LogP contribution < -0.4 is 15.4 Å². The zero-order chi connectivity index (χ0) is 17.6. The number of aromatic nitrogens is 2. The van der Waals surface area contributed by atoms with Crippen LogP contribution in [0, 0.1) is 0 Å². The van der Waals surface area contributed by atoms with Crippen LogP contribution in [0.25, 0.3) is 0 Å². The van der Waals surface area contributed by atoms with Gasteiger partial charge in [0.15, 0.2) is 0 Å². The number of hydrogen-bond acceptors (Lipinski definition) is 4. The maximum absolute atomic E-state index is 12.9. The van der Waals surface area contributed by atoms with Gasteiger partial charge in [-0.3, -0.25) is 9.48 Å². The summed E-state index contributed by atoms with van der Waals surface area (Å²) in [5, 5.41) is 10.4. The van der Waals surface area contributed by atoms with E-state index in [4.69, 9.17) is 4.74 Å². The summed E-state index contributed by atoms with van der Waals surface area (Å²) in [6.07, 6.45) is 1.82. The van der Waals surface area contributed by atoms with Crippen LogP contribution >= 0.6 is 0 Å². The Morgan fingerprint density at radius 1 is 1.12 bits per heavy atom. The average molecular weight is 336 g/mol. The highest BCUT2D eigenvalue weighted by Crippen LogP contribution is 2.22. The molecule has 6 nitrogen and oxygen atoms in total. The molecule has 128 valence electrons. The van der Waals surface area contributed by atoms with E-state index in [0.29, 0.717) is 17.3 Å². The van der Waals surface area contributed by atoms with E-state index in [1.54, 1.807) is 17.9 Å². The molecule has 1 aromatic heterocycles. The van der Waals surface area contributed by atoms with E-state index < -0.39 is 6.04 Å². The van der Waals surface area contributed by atoms with Gasteiger partial charge in [-0.1, -0.05) is 36.4 Å². The molecule has 1 atom stereocenters. The summed E-state index contributed by atoms with van der Waals surface area (Å²) in [6.45, 7) is 0. The van der Waals surface area contributed by atoms with E-state index in [1.165, 1.54) is 0 Å². The van der Waals surface area contributed by atoms with E-state index in [0.717, 1.165) is 5.56 Å². The molecular formula is C19H20N4O2. The van der Waals surface area contributed by atoms with Crippen molar-refractivity contribution in [3.8, 4) is 5.75 Å². The third kappa shape index (κ3) is 4.17. The van der Waals surface area contributed by atoms with Gasteiger partial charge in [0.1, 0.15) is 17.6 Å². The van der Waals surface area contributed by atoms with E-state index in [2.05, 4.69) is 15.7 Å². The molecule has 0 saturated carbocycles. The lowest BCUT2D eigenvalue weighted by atomic mass is 10.1. The van der Waals surface area contributed by atoms with Crippen LogP contribution in [0.2, 0.25) is 0 Å². The molecule has 0 bridgehead atoms. The van der Waals surface area contributed by atoms with Gasteiger partial charge in [-0.2, -0.15) is 5.10 Å². The third-order valence-corrected chi connectivity index (χ3v) is 3.74. The maximum atomic E-state index is 12.9. The molecule has 0 saturated heterocycles. The highest BCUT2D eigenvalue weighted by atomic mass is 16.5. The van der Waals surface area contributed by atoms with Crippen molar-refractivity contribution in [1.82, 2.24) is 9.78 Å². The molecule has 0 radical (unpaired) electrons. The van der Waals surface area contributed by atoms with Gasteiger partial charge in [-0.15, -0.1) is 0 Å². The van der Waals surface area contributed by atoms with Crippen LogP contribution in [0.3, 0.4) is 0 Å². The van der Waals surface area contributed by atoms with Gasteiger partial charge in [0.05, 0.1) is 7.11 Å². The molecule has 0 aliphatic heterocycles. The number of rotatable bonds is 6. The van der Waals surface area contributed by atoms with Gasteiger partial charge in [0.2, 0.25) is 0 Å². The smallest absolute Gasteiger partial charge is 0.251 e. The Balaban J connectivity index is 1.83. The van der Waals surface area contributed by atoms with E-state index in [9.17, 15) is 4.79 Å². The summed E-state index contributed by atoms with van der Waals surface area (Å²) >= 11 is 0. The van der Waals surface area contributed by atoms with Gasteiger partial charge in [0, 0.05) is 31.1 Å². The molecule has 1 amide bonds. The van der Waals surface area contributed by atoms with Crippen molar-refractivity contribution < 1.29 is 9.53 Å². The summed E-state index contributed by atoms with van der Waals surface area (Å²) in [5.74, 6) is 1.15. The molecule has 0 aliphatic carbocycles. The molecule has 25 heavy (non-hydrogen) atoms. The number of nitrogens with zero attached hydrogens (tertiary/aromatic N) is 2. The molecule has 2 aromatic carbocycles. The minimum Gasteiger partial charge on any atom is -0.497 e. The Morgan fingerprint density at radius 2 is 1.92 bits per heavy atom. The summed E-state index contributed by atoms with van der Waals surface area (Å²) in [5.41, 5.74) is 1.53. The number of amides is 1. The lowest BCUT2D eigenvalue weighted by Crippen LogP contribution is -2.27. The van der Waals surface area contributed by atoms with Crippen molar-refractivity contribution in [2.45, 2.75) is 6.04 Å². The highest BCUT2D eigenvalue weighted by Gasteiger charge is 2.21. The Kier molecular flexibility index (Phi) is 4.99. The van der Waals surface area contributed by atoms with Crippen molar-refractivity contribution in [3.63, 3.8) is 0 Å². The molecular weight excluding hydrogens is 316 g/mol. The van der Waals surface area contributed by atoms with Gasteiger partial charge < -0.3 is 15.4 Å². The largest absolute Gasteiger partial charge is 0.497 e. The zero-order valence-corrected chi connectivity index (χ0v) is 14.1. The summed E-state index contributed by atoms with van der Waals surface area (Å²) < 4.78 is 6.89. The second-order valence-electron chi connectivity index (χ2n) is 5.58. The fourth-order valence-electron chi connectivity index (χ4n) is 2.50. The molecule has 3 aromatic rings. The number of carbonyl (C=O) groups is 1. The number of methoxy groups -OCH3 is 1. The minimum atomic E-state index is -0.567. The Labute approximate surface area is 146 Å². The lowest BCUT2D eigenvalue weighted by Gasteiger charge is -2.19. The third-order valence-electron chi connectivity index (χ3n) is 3.74. The monoisotopic (exact) mass is 336 g/mol. The highest BCUT2D eigenvalue weighted by molar-refractivity contribution is 5.97. The first-order valence-corrected chi connectivity index (χ1v) is 7.92. The van der Waals surface area contributed by atoms with E-state index in [-0.39, 0.29) is 5.91 Å². The second-order valence-corrected chi connectivity index (χ2v) is 5.58. The number of benzene rings is 2. The van der Waals surface area contributed by atoms with Crippen molar-refractivity contribution in [2.75, 3.05) is 17.7 Å². The fourth-order valence-corrected chi connectivity index (χ4v) is 2.50. The van der Waals surface area contributed by atoms with Gasteiger partial charge in [-0.05, 0) is 17.7 Å². The van der Waals surface area contributed by atoms with Crippen LogP contribution in [-0.4, -0.2) is 22.8 Å². The number of carbonyl (C=O) groups excluding carboxylic acids is 1. The normalized spacial score (nSPS) is 11.6. The molecule has 0 unspecified atom stereocenters. The topological polar surface area (TPSA) is 68.2 Å².